The third-order valence-electron chi connectivity index (χ3n) is 5.01. The Morgan fingerprint density at radius 2 is 1.85 bits per heavy atom. The lowest BCUT2D eigenvalue weighted by Gasteiger charge is -2.17. The van der Waals surface area contributed by atoms with Crippen molar-refractivity contribution in [1.82, 2.24) is 10.3 Å². The second kappa shape index (κ2) is 9.61. The van der Waals surface area contributed by atoms with E-state index in [-0.39, 0.29) is 11.8 Å². The van der Waals surface area contributed by atoms with E-state index in [0.717, 1.165) is 35.0 Å². The maximum Gasteiger partial charge on any atom is 0.220 e. The lowest BCUT2D eigenvalue weighted by molar-refractivity contribution is -0.121. The smallest absolute Gasteiger partial charge is 0.220 e. The standard InChI is InChI=1S/C23H27ClN2O/c1-2-3-4-7-14-25-23(27)15-20(17-10-12-18(24)13-11-17)21-16-26-22-9-6-5-8-19(21)22/h5-6,8-13,16,20,26H,2-4,7,14-15H2,1H3,(H,25,27). The molecular weight excluding hydrogens is 356 g/mol. The molecule has 1 amide bonds. The number of carbonyl (C=O) groups excluding carboxylic acids is 1. The van der Waals surface area contributed by atoms with Crippen molar-refractivity contribution in [3.05, 3.63) is 70.9 Å². The van der Waals surface area contributed by atoms with Crippen LogP contribution < -0.4 is 5.32 Å². The van der Waals surface area contributed by atoms with Gasteiger partial charge >= 0.3 is 0 Å². The van der Waals surface area contributed by atoms with E-state index in [0.29, 0.717) is 11.4 Å². The Kier molecular flexibility index (Phi) is 6.94. The van der Waals surface area contributed by atoms with Gasteiger partial charge < -0.3 is 10.3 Å². The molecule has 0 aliphatic heterocycles. The number of aromatic amines is 1. The van der Waals surface area contributed by atoms with Crippen molar-refractivity contribution in [2.24, 2.45) is 0 Å². The number of H-pyrrole nitrogens is 1. The summed E-state index contributed by atoms with van der Waals surface area (Å²) < 4.78 is 0. The summed E-state index contributed by atoms with van der Waals surface area (Å²) in [4.78, 5) is 15.9. The van der Waals surface area contributed by atoms with Gasteiger partial charge in [0.05, 0.1) is 0 Å². The first-order valence-electron chi connectivity index (χ1n) is 9.77. The number of benzene rings is 2. The van der Waals surface area contributed by atoms with Crippen molar-refractivity contribution in [3.8, 4) is 0 Å². The fourth-order valence-electron chi connectivity index (χ4n) is 3.52. The molecule has 0 bridgehead atoms. The number of unbranched alkanes of at least 4 members (excludes halogenated alkanes) is 3. The van der Waals surface area contributed by atoms with E-state index in [2.05, 4.69) is 29.4 Å². The zero-order valence-electron chi connectivity index (χ0n) is 15.8. The van der Waals surface area contributed by atoms with Crippen molar-refractivity contribution >= 4 is 28.4 Å². The summed E-state index contributed by atoms with van der Waals surface area (Å²) in [6.45, 7) is 2.94. The van der Waals surface area contributed by atoms with Crippen LogP contribution in [0.15, 0.2) is 54.7 Å². The maximum absolute atomic E-state index is 12.6. The van der Waals surface area contributed by atoms with Gasteiger partial charge in [0, 0.05) is 41.0 Å². The van der Waals surface area contributed by atoms with Crippen LogP contribution in [-0.4, -0.2) is 17.4 Å². The normalized spacial score (nSPS) is 12.2. The molecular formula is C23H27ClN2O. The number of carbonyl (C=O) groups is 1. The number of para-hydroxylation sites is 1. The fourth-order valence-corrected chi connectivity index (χ4v) is 3.65. The summed E-state index contributed by atoms with van der Waals surface area (Å²) in [6, 6.07) is 16.0. The Morgan fingerprint density at radius 1 is 1.07 bits per heavy atom. The molecule has 142 valence electrons. The SMILES string of the molecule is CCCCCCNC(=O)CC(c1ccc(Cl)cc1)c1c[nH]c2ccccc12. The molecule has 0 saturated carbocycles. The summed E-state index contributed by atoms with van der Waals surface area (Å²) in [5.41, 5.74) is 3.34. The number of nitrogens with one attached hydrogen (secondary N) is 2. The molecule has 1 atom stereocenters. The lowest BCUT2D eigenvalue weighted by atomic mass is 9.88. The molecule has 1 unspecified atom stereocenters. The van der Waals surface area contributed by atoms with Crippen LogP contribution in [0.4, 0.5) is 0 Å². The largest absolute Gasteiger partial charge is 0.361 e. The van der Waals surface area contributed by atoms with E-state index in [1.54, 1.807) is 0 Å². The average molecular weight is 383 g/mol. The molecule has 0 aliphatic rings. The molecule has 3 aromatic rings. The second-order valence-electron chi connectivity index (χ2n) is 7.01. The summed E-state index contributed by atoms with van der Waals surface area (Å²) in [6.07, 6.45) is 7.08. The van der Waals surface area contributed by atoms with Crippen LogP contribution in [0, 0.1) is 0 Å². The number of amides is 1. The summed E-state index contributed by atoms with van der Waals surface area (Å²) >= 11 is 6.07. The molecule has 27 heavy (non-hydrogen) atoms. The van der Waals surface area contributed by atoms with Gasteiger partial charge in [-0.25, -0.2) is 0 Å². The van der Waals surface area contributed by atoms with Crippen molar-refractivity contribution in [2.75, 3.05) is 6.54 Å². The molecule has 0 saturated heterocycles. The Morgan fingerprint density at radius 3 is 2.63 bits per heavy atom. The topological polar surface area (TPSA) is 44.9 Å². The van der Waals surface area contributed by atoms with Crippen molar-refractivity contribution in [2.45, 2.75) is 44.9 Å². The number of hydrogen-bond donors (Lipinski definition) is 2. The summed E-state index contributed by atoms with van der Waals surface area (Å²) in [5, 5.41) is 4.95. The van der Waals surface area contributed by atoms with Crippen molar-refractivity contribution < 1.29 is 4.79 Å². The van der Waals surface area contributed by atoms with E-state index in [4.69, 9.17) is 11.6 Å². The average Bonchev–Trinajstić information content (AvgIpc) is 3.11. The molecule has 3 nitrogen and oxygen atoms in total. The van der Waals surface area contributed by atoms with Crippen LogP contribution >= 0.6 is 11.6 Å². The van der Waals surface area contributed by atoms with Gasteiger partial charge in [-0.05, 0) is 35.7 Å². The third-order valence-corrected chi connectivity index (χ3v) is 5.26. The summed E-state index contributed by atoms with van der Waals surface area (Å²) in [5.74, 6) is 0.0887. The second-order valence-corrected chi connectivity index (χ2v) is 7.44. The lowest BCUT2D eigenvalue weighted by Crippen LogP contribution is -2.26. The minimum absolute atomic E-state index is 0.00550. The molecule has 2 N–H and O–H groups in total. The van der Waals surface area contributed by atoms with E-state index >= 15 is 0 Å². The van der Waals surface area contributed by atoms with Gasteiger partial charge in [-0.3, -0.25) is 4.79 Å². The molecule has 0 aliphatic carbocycles. The number of halogens is 1. The first-order chi connectivity index (χ1) is 13.2. The van der Waals surface area contributed by atoms with E-state index in [1.807, 2.05) is 42.6 Å². The van der Waals surface area contributed by atoms with E-state index in [1.165, 1.54) is 19.3 Å². The predicted molar refractivity (Wildman–Crippen MR) is 113 cm³/mol. The monoisotopic (exact) mass is 382 g/mol. The number of aromatic nitrogens is 1. The van der Waals surface area contributed by atoms with Crippen LogP contribution in [-0.2, 0) is 4.79 Å². The first-order valence-corrected chi connectivity index (χ1v) is 10.1. The Bertz CT molecular complexity index is 869. The number of rotatable bonds is 9. The molecule has 4 heteroatoms. The minimum Gasteiger partial charge on any atom is -0.361 e. The molecule has 3 rings (SSSR count). The quantitative estimate of drug-likeness (QED) is 0.435. The van der Waals surface area contributed by atoms with E-state index in [9.17, 15) is 4.79 Å². The Hall–Kier alpha value is -2.26. The fraction of sp³-hybridized carbons (Fsp3) is 0.348. The molecule has 0 spiro atoms. The number of hydrogen-bond acceptors (Lipinski definition) is 1. The highest BCUT2D eigenvalue weighted by Gasteiger charge is 2.21. The van der Waals surface area contributed by atoms with Gasteiger partial charge in [-0.1, -0.05) is 68.1 Å². The van der Waals surface area contributed by atoms with Crippen LogP contribution in [0.1, 0.15) is 56.1 Å². The van der Waals surface area contributed by atoms with Gasteiger partial charge in [0.1, 0.15) is 0 Å². The maximum atomic E-state index is 12.6. The zero-order valence-corrected chi connectivity index (χ0v) is 16.6. The number of fused-ring (bicyclic) bond motifs is 1. The first kappa shape index (κ1) is 19.5. The predicted octanol–water partition coefficient (Wildman–Crippen LogP) is 6.04. The Balaban J connectivity index is 1.78. The van der Waals surface area contributed by atoms with Gasteiger partial charge in [0.15, 0.2) is 0 Å². The van der Waals surface area contributed by atoms with Crippen LogP contribution in [0.2, 0.25) is 5.02 Å². The van der Waals surface area contributed by atoms with Crippen LogP contribution in [0.25, 0.3) is 10.9 Å². The van der Waals surface area contributed by atoms with Gasteiger partial charge in [0.25, 0.3) is 0 Å². The molecule has 0 fully saturated rings. The van der Waals surface area contributed by atoms with Crippen molar-refractivity contribution in [3.63, 3.8) is 0 Å². The highest BCUT2D eigenvalue weighted by Crippen LogP contribution is 2.33. The van der Waals surface area contributed by atoms with Crippen molar-refractivity contribution in [1.29, 1.82) is 0 Å². The van der Waals surface area contributed by atoms with Gasteiger partial charge in [0.2, 0.25) is 5.91 Å². The minimum atomic E-state index is -0.00550. The Labute approximate surface area is 166 Å². The molecule has 2 aromatic carbocycles. The molecule has 1 aromatic heterocycles. The highest BCUT2D eigenvalue weighted by molar-refractivity contribution is 6.30. The van der Waals surface area contributed by atoms with Gasteiger partial charge in [-0.2, -0.15) is 0 Å². The van der Waals surface area contributed by atoms with E-state index < -0.39 is 0 Å². The van der Waals surface area contributed by atoms with Gasteiger partial charge in [-0.15, -0.1) is 0 Å². The third kappa shape index (κ3) is 5.14. The molecule has 1 heterocycles. The zero-order chi connectivity index (χ0) is 19.1. The summed E-state index contributed by atoms with van der Waals surface area (Å²) in [7, 11) is 0. The molecule has 0 radical (unpaired) electrons. The highest BCUT2D eigenvalue weighted by atomic mass is 35.5. The van der Waals surface area contributed by atoms with Crippen LogP contribution in [0.3, 0.4) is 0 Å². The van der Waals surface area contributed by atoms with Crippen LogP contribution in [0.5, 0.6) is 0 Å².